The van der Waals surface area contributed by atoms with Crippen molar-refractivity contribution in [1.82, 2.24) is 0 Å². The molecule has 0 aliphatic carbocycles. The van der Waals surface area contributed by atoms with Gasteiger partial charge in [0.15, 0.2) is 5.78 Å². The number of carbonyl (C=O) groups excluding carboxylic acids is 2. The third-order valence-corrected chi connectivity index (χ3v) is 3.46. The van der Waals surface area contributed by atoms with Crippen molar-refractivity contribution in [3.8, 4) is 0 Å². The van der Waals surface area contributed by atoms with Crippen LogP contribution in [0.4, 0.5) is 5.69 Å². The molecule has 1 aliphatic heterocycles. The minimum atomic E-state index is -0.204. The van der Waals surface area contributed by atoms with Gasteiger partial charge in [-0.05, 0) is 30.7 Å². The molecule has 1 aliphatic rings. The highest BCUT2D eigenvalue weighted by molar-refractivity contribution is 5.99. The molecule has 3 nitrogen and oxygen atoms in total. The molecule has 2 rings (SSSR count). The van der Waals surface area contributed by atoms with Crippen LogP contribution in [0.2, 0.25) is 0 Å². The van der Waals surface area contributed by atoms with Gasteiger partial charge in [0.25, 0.3) is 0 Å². The molecule has 90 valence electrons. The molecule has 1 amide bonds. The number of ketones is 1. The lowest BCUT2D eigenvalue weighted by molar-refractivity contribution is -0.119. The molecule has 1 heterocycles. The Morgan fingerprint density at radius 1 is 1.35 bits per heavy atom. The summed E-state index contributed by atoms with van der Waals surface area (Å²) in [6.45, 7) is 5.65. The fraction of sp³-hybridized carbons (Fsp3) is 0.429. The lowest BCUT2D eigenvalue weighted by Crippen LogP contribution is -2.39. The molecule has 0 bridgehead atoms. The maximum atomic E-state index is 11.9. The summed E-state index contributed by atoms with van der Waals surface area (Å²) in [7, 11) is 1.78. The fourth-order valence-corrected chi connectivity index (χ4v) is 2.32. The van der Waals surface area contributed by atoms with Gasteiger partial charge in [-0.1, -0.05) is 13.8 Å². The Kier molecular flexibility index (Phi) is 2.57. The number of carbonyl (C=O) groups is 2. The molecule has 0 aromatic heterocycles. The van der Waals surface area contributed by atoms with Gasteiger partial charge in [-0.2, -0.15) is 0 Å². The monoisotopic (exact) mass is 231 g/mol. The van der Waals surface area contributed by atoms with E-state index in [4.69, 9.17) is 0 Å². The molecular formula is C14H17NO2. The predicted octanol–water partition coefficient (Wildman–Crippen LogP) is 2.53. The Labute approximate surface area is 101 Å². The number of fused-ring (bicyclic) bond motifs is 1. The topological polar surface area (TPSA) is 37.4 Å². The van der Waals surface area contributed by atoms with Gasteiger partial charge in [0, 0.05) is 30.1 Å². The van der Waals surface area contributed by atoms with E-state index < -0.39 is 0 Å². The summed E-state index contributed by atoms with van der Waals surface area (Å²) in [6.07, 6.45) is 0.484. The first kappa shape index (κ1) is 11.8. The van der Waals surface area contributed by atoms with Crippen molar-refractivity contribution in [3.63, 3.8) is 0 Å². The number of benzene rings is 1. The van der Waals surface area contributed by atoms with E-state index in [2.05, 4.69) is 0 Å². The van der Waals surface area contributed by atoms with Gasteiger partial charge in [0.1, 0.15) is 0 Å². The third kappa shape index (κ3) is 1.86. The molecule has 17 heavy (non-hydrogen) atoms. The van der Waals surface area contributed by atoms with E-state index in [1.165, 1.54) is 0 Å². The average molecular weight is 231 g/mol. The molecule has 1 aromatic carbocycles. The van der Waals surface area contributed by atoms with Crippen LogP contribution in [0.5, 0.6) is 0 Å². The molecule has 3 heteroatoms. The van der Waals surface area contributed by atoms with Crippen molar-refractivity contribution < 1.29 is 9.59 Å². The maximum Gasteiger partial charge on any atom is 0.227 e. The summed E-state index contributed by atoms with van der Waals surface area (Å²) in [5, 5.41) is 0. The molecule has 0 fully saturated rings. The third-order valence-electron chi connectivity index (χ3n) is 3.46. The highest BCUT2D eigenvalue weighted by Crippen LogP contribution is 2.39. The van der Waals surface area contributed by atoms with Gasteiger partial charge in [0.05, 0.1) is 0 Å². The minimum absolute atomic E-state index is 0.0585. The van der Waals surface area contributed by atoms with Crippen molar-refractivity contribution >= 4 is 17.4 Å². The number of Topliss-reactive ketones (excluding diaryl/α,β-unsaturated/α-hetero) is 1. The second kappa shape index (κ2) is 3.69. The number of amides is 1. The molecule has 0 radical (unpaired) electrons. The molecule has 0 atom stereocenters. The maximum absolute atomic E-state index is 11.9. The van der Waals surface area contributed by atoms with E-state index in [1.807, 2.05) is 26.0 Å². The van der Waals surface area contributed by atoms with Crippen LogP contribution in [0.25, 0.3) is 0 Å². The van der Waals surface area contributed by atoms with Crippen LogP contribution < -0.4 is 4.90 Å². The van der Waals surface area contributed by atoms with E-state index in [9.17, 15) is 9.59 Å². The Bertz CT molecular complexity index is 503. The summed E-state index contributed by atoms with van der Waals surface area (Å²) >= 11 is 0. The van der Waals surface area contributed by atoms with Gasteiger partial charge in [-0.25, -0.2) is 0 Å². The average Bonchev–Trinajstić information content (AvgIpc) is 2.25. The number of hydrogen-bond acceptors (Lipinski definition) is 2. The molecule has 1 aromatic rings. The molecular weight excluding hydrogens is 214 g/mol. The van der Waals surface area contributed by atoms with Crippen LogP contribution in [-0.2, 0) is 10.2 Å². The van der Waals surface area contributed by atoms with Crippen LogP contribution in [0.1, 0.15) is 43.1 Å². The van der Waals surface area contributed by atoms with Crippen molar-refractivity contribution in [2.45, 2.75) is 32.6 Å². The number of nitrogens with zero attached hydrogens (tertiary/aromatic N) is 1. The van der Waals surface area contributed by atoms with Crippen LogP contribution in [-0.4, -0.2) is 18.7 Å². The summed E-state index contributed by atoms with van der Waals surface area (Å²) in [6, 6.07) is 5.57. The van der Waals surface area contributed by atoms with Crippen LogP contribution in [0.15, 0.2) is 18.2 Å². The van der Waals surface area contributed by atoms with Gasteiger partial charge >= 0.3 is 0 Å². The zero-order valence-corrected chi connectivity index (χ0v) is 10.7. The lowest BCUT2D eigenvalue weighted by Gasteiger charge is -2.37. The predicted molar refractivity (Wildman–Crippen MR) is 67.5 cm³/mol. The molecule has 0 saturated heterocycles. The van der Waals surface area contributed by atoms with E-state index in [0.29, 0.717) is 12.0 Å². The van der Waals surface area contributed by atoms with Crippen molar-refractivity contribution in [1.29, 1.82) is 0 Å². The standard InChI is InChI=1S/C14H17NO2/c1-9(16)10-5-6-12-11(7-10)14(2,3)8-13(17)15(12)4/h5-7H,8H2,1-4H3. The normalized spacial score (nSPS) is 17.9. The smallest absolute Gasteiger partial charge is 0.227 e. The van der Waals surface area contributed by atoms with E-state index in [-0.39, 0.29) is 17.1 Å². The Hall–Kier alpha value is -1.64. The van der Waals surface area contributed by atoms with Crippen molar-refractivity contribution in [2.75, 3.05) is 11.9 Å². The minimum Gasteiger partial charge on any atom is -0.315 e. The van der Waals surface area contributed by atoms with E-state index >= 15 is 0 Å². The van der Waals surface area contributed by atoms with Gasteiger partial charge in [-0.15, -0.1) is 0 Å². The molecule has 0 spiro atoms. The summed E-state index contributed by atoms with van der Waals surface area (Å²) in [5.74, 6) is 0.182. The van der Waals surface area contributed by atoms with Gasteiger partial charge in [0.2, 0.25) is 5.91 Å². The first-order valence-corrected chi connectivity index (χ1v) is 5.75. The highest BCUT2D eigenvalue weighted by atomic mass is 16.2. The Balaban J connectivity index is 2.63. The second-order valence-corrected chi connectivity index (χ2v) is 5.30. The van der Waals surface area contributed by atoms with Crippen molar-refractivity contribution in [2.24, 2.45) is 0 Å². The largest absolute Gasteiger partial charge is 0.315 e. The Morgan fingerprint density at radius 3 is 2.59 bits per heavy atom. The lowest BCUT2D eigenvalue weighted by atomic mass is 9.76. The molecule has 0 unspecified atom stereocenters. The molecule has 0 saturated carbocycles. The van der Waals surface area contributed by atoms with E-state index in [0.717, 1.165) is 11.3 Å². The van der Waals surface area contributed by atoms with Crippen LogP contribution in [0, 0.1) is 0 Å². The van der Waals surface area contributed by atoms with Crippen LogP contribution in [0.3, 0.4) is 0 Å². The number of hydrogen-bond donors (Lipinski definition) is 0. The SMILES string of the molecule is CC(=O)c1ccc2c(c1)C(C)(C)CC(=O)N2C. The molecule has 0 N–H and O–H groups in total. The fourth-order valence-electron chi connectivity index (χ4n) is 2.32. The summed E-state index contributed by atoms with van der Waals surface area (Å²) in [5.41, 5.74) is 2.49. The number of rotatable bonds is 1. The summed E-state index contributed by atoms with van der Waals surface area (Å²) in [4.78, 5) is 24.9. The van der Waals surface area contributed by atoms with E-state index in [1.54, 1.807) is 24.9 Å². The van der Waals surface area contributed by atoms with Crippen molar-refractivity contribution in [3.05, 3.63) is 29.3 Å². The van der Waals surface area contributed by atoms with Gasteiger partial charge in [-0.3, -0.25) is 9.59 Å². The second-order valence-electron chi connectivity index (χ2n) is 5.30. The number of anilines is 1. The highest BCUT2D eigenvalue weighted by Gasteiger charge is 2.35. The van der Waals surface area contributed by atoms with Crippen LogP contribution >= 0.6 is 0 Å². The summed E-state index contributed by atoms with van der Waals surface area (Å²) < 4.78 is 0. The quantitative estimate of drug-likeness (QED) is 0.696. The van der Waals surface area contributed by atoms with Gasteiger partial charge < -0.3 is 4.90 Å². The first-order chi connectivity index (χ1) is 7.83. The zero-order valence-electron chi connectivity index (χ0n) is 10.7. The Morgan fingerprint density at radius 2 is 2.00 bits per heavy atom. The zero-order chi connectivity index (χ0) is 12.8. The first-order valence-electron chi connectivity index (χ1n) is 5.75.